The highest BCUT2D eigenvalue weighted by Gasteiger charge is 2.35. The minimum Gasteiger partial charge on any atom is -0.193 e. The zero-order valence-corrected chi connectivity index (χ0v) is 13.6. The van der Waals surface area contributed by atoms with Crippen molar-refractivity contribution >= 4 is 7.94 Å². The second-order valence-electron chi connectivity index (χ2n) is 5.54. The van der Waals surface area contributed by atoms with Gasteiger partial charge in [-0.05, 0) is 30.7 Å². The highest BCUT2D eigenvalue weighted by molar-refractivity contribution is 7.59. The number of hydrogen-bond acceptors (Lipinski definition) is 3. The summed E-state index contributed by atoms with van der Waals surface area (Å²) in [6, 6.07) is 10.2. The Bertz CT molecular complexity index is 354. The monoisotopic (exact) mass is 299 g/mol. The molecule has 0 amide bonds. The van der Waals surface area contributed by atoms with Crippen LogP contribution in [0.5, 0.6) is 0 Å². The predicted molar refractivity (Wildman–Crippen MR) is 85.6 cm³/mol. The zero-order chi connectivity index (χ0) is 14.8. The largest absolute Gasteiger partial charge is 0.406 e. The second kappa shape index (κ2) is 9.46. The van der Waals surface area contributed by atoms with Crippen LogP contribution in [0, 0.1) is 5.92 Å². The van der Waals surface area contributed by atoms with E-state index in [1.165, 1.54) is 5.56 Å². The van der Waals surface area contributed by atoms with Crippen LogP contribution in [0.1, 0.15) is 45.1 Å². The summed E-state index contributed by atoms with van der Waals surface area (Å²) in [5.74, 6) is 0.284. The third-order valence-corrected chi connectivity index (χ3v) is 4.76. The quantitative estimate of drug-likeness (QED) is 0.502. The Morgan fingerprint density at radius 3 is 2.45 bits per heavy atom. The van der Waals surface area contributed by atoms with Gasteiger partial charge in [0.05, 0.1) is 0 Å². The fourth-order valence-corrected chi connectivity index (χ4v) is 3.39. The highest BCUT2D eigenvalue weighted by Crippen LogP contribution is 2.52. The third-order valence-electron chi connectivity index (χ3n) is 3.30. The first-order valence-electron chi connectivity index (χ1n) is 7.55. The average Bonchev–Trinajstić information content (AvgIpc) is 2.43. The van der Waals surface area contributed by atoms with Crippen molar-refractivity contribution in [2.45, 2.75) is 46.0 Å². The van der Waals surface area contributed by atoms with E-state index in [9.17, 15) is 9.79 Å². The molecule has 1 rings (SSSR count). The van der Waals surface area contributed by atoms with Crippen LogP contribution in [0.3, 0.4) is 0 Å². The second-order valence-corrected chi connectivity index (χ2v) is 7.57. The van der Waals surface area contributed by atoms with Crippen molar-refractivity contribution in [1.29, 1.82) is 0 Å². The zero-order valence-electron chi connectivity index (χ0n) is 12.7. The van der Waals surface area contributed by atoms with Gasteiger partial charge in [0.2, 0.25) is 0 Å². The lowest BCUT2D eigenvalue weighted by Crippen LogP contribution is -2.11. The number of unbranched alkanes of at least 4 members (excludes halogenated alkanes) is 3. The lowest BCUT2D eigenvalue weighted by molar-refractivity contribution is 0.196. The van der Waals surface area contributed by atoms with E-state index in [1.54, 1.807) is 0 Å². The molecule has 20 heavy (non-hydrogen) atoms. The fraction of sp³-hybridized carbons (Fsp3) is 0.625. The fourth-order valence-electron chi connectivity index (χ4n) is 2.13. The highest BCUT2D eigenvalue weighted by atomic mass is 31.2. The summed E-state index contributed by atoms with van der Waals surface area (Å²) in [7, 11) is -3.14. The molecule has 0 heterocycles. The van der Waals surface area contributed by atoms with Gasteiger partial charge in [-0.1, -0.05) is 57.0 Å². The number of benzene rings is 1. The summed E-state index contributed by atoms with van der Waals surface area (Å²) in [4.78, 5) is 19.7. The van der Waals surface area contributed by atoms with Gasteiger partial charge in [0, 0.05) is 0 Å². The normalized spacial score (nSPS) is 13.4. The lowest BCUT2D eigenvalue weighted by Gasteiger charge is -2.15. The van der Waals surface area contributed by atoms with Crippen LogP contribution in [0.15, 0.2) is 30.3 Å². The summed E-state index contributed by atoms with van der Waals surface area (Å²) in [6.07, 6.45) is 5.47. The first-order chi connectivity index (χ1) is 9.53. The Morgan fingerprint density at radius 2 is 1.80 bits per heavy atom. The van der Waals surface area contributed by atoms with Crippen molar-refractivity contribution < 1.29 is 14.3 Å². The van der Waals surface area contributed by atoms with Gasteiger partial charge in [0.1, 0.15) is 12.8 Å². The van der Waals surface area contributed by atoms with Gasteiger partial charge in [-0.25, -0.2) is 0 Å². The average molecular weight is 299 g/mol. The van der Waals surface area contributed by atoms with Gasteiger partial charge in [-0.15, -0.1) is 0 Å². The molecule has 0 unspecified atom stereocenters. The van der Waals surface area contributed by atoms with Crippen LogP contribution < -0.4 is 0 Å². The molecule has 4 heteroatoms. The molecule has 3 nitrogen and oxygen atoms in total. The van der Waals surface area contributed by atoms with Gasteiger partial charge < -0.3 is 0 Å². The van der Waals surface area contributed by atoms with Gasteiger partial charge in [-0.2, -0.15) is 14.3 Å². The van der Waals surface area contributed by atoms with E-state index in [1.807, 2.05) is 18.2 Å². The summed E-state index contributed by atoms with van der Waals surface area (Å²) in [6.45, 7) is 4.62. The molecule has 0 saturated carbocycles. The summed E-state index contributed by atoms with van der Waals surface area (Å²) in [5, 5.41) is 0. The molecule has 1 aromatic carbocycles. The van der Waals surface area contributed by atoms with Crippen molar-refractivity contribution in [3.8, 4) is 0 Å². The molecule has 2 N–H and O–H groups in total. The topological polar surface area (TPSA) is 49.7 Å². The van der Waals surface area contributed by atoms with Gasteiger partial charge in [0.15, 0.2) is 0 Å². The first kappa shape index (κ1) is 17.6. The molecule has 0 saturated heterocycles. The standard InChI is InChI=1S/C16H28O3P/c1-3-4-5-9-12-20(17,18)19-14-15(2)13-16-10-7-6-8-11-16/h6-8,10-11,15,17-18H,3-5,9,12-14H2,1-2H3/q+1/t15-/m0/s1. The maximum absolute atomic E-state index is 9.87. The Kier molecular flexibility index (Phi) is 8.32. The maximum atomic E-state index is 9.87. The van der Waals surface area contributed by atoms with Gasteiger partial charge >= 0.3 is 7.94 Å². The smallest absolute Gasteiger partial charge is 0.193 e. The van der Waals surface area contributed by atoms with E-state index in [0.29, 0.717) is 12.8 Å². The Balaban J connectivity index is 2.23. The third kappa shape index (κ3) is 7.96. The molecule has 0 aliphatic carbocycles. The van der Waals surface area contributed by atoms with Crippen molar-refractivity contribution in [2.75, 3.05) is 12.8 Å². The molecule has 0 bridgehead atoms. The van der Waals surface area contributed by atoms with E-state index in [2.05, 4.69) is 26.0 Å². The molecule has 0 fully saturated rings. The Morgan fingerprint density at radius 1 is 1.10 bits per heavy atom. The van der Waals surface area contributed by atoms with Crippen molar-refractivity contribution in [3.63, 3.8) is 0 Å². The van der Waals surface area contributed by atoms with Gasteiger partial charge in [0.25, 0.3) is 0 Å². The summed E-state index contributed by atoms with van der Waals surface area (Å²) < 4.78 is 5.37. The predicted octanol–water partition coefficient (Wildman–Crippen LogP) is 4.21. The Hall–Kier alpha value is -0.470. The van der Waals surface area contributed by atoms with E-state index in [0.717, 1.165) is 32.1 Å². The maximum Gasteiger partial charge on any atom is 0.406 e. The van der Waals surface area contributed by atoms with Crippen LogP contribution in [-0.4, -0.2) is 22.6 Å². The summed E-state index contributed by atoms with van der Waals surface area (Å²) in [5.41, 5.74) is 1.26. The minimum atomic E-state index is -3.14. The van der Waals surface area contributed by atoms with Crippen LogP contribution in [0.4, 0.5) is 0 Å². The molecular formula is C16H28O3P+. The van der Waals surface area contributed by atoms with E-state index in [4.69, 9.17) is 4.52 Å². The SMILES string of the molecule is CCCCCC[P+](O)(O)OC[C@@H](C)Cc1ccccc1. The molecule has 114 valence electrons. The van der Waals surface area contributed by atoms with Crippen molar-refractivity contribution in [3.05, 3.63) is 35.9 Å². The summed E-state index contributed by atoms with van der Waals surface area (Å²) >= 11 is 0. The molecule has 0 aliphatic rings. The van der Waals surface area contributed by atoms with Crippen molar-refractivity contribution in [1.82, 2.24) is 0 Å². The van der Waals surface area contributed by atoms with Crippen LogP contribution in [-0.2, 0) is 10.9 Å². The molecule has 0 aromatic heterocycles. The van der Waals surface area contributed by atoms with Crippen molar-refractivity contribution in [2.24, 2.45) is 5.92 Å². The van der Waals surface area contributed by atoms with Crippen LogP contribution in [0.2, 0.25) is 0 Å². The molecule has 0 aliphatic heterocycles. The van der Waals surface area contributed by atoms with Gasteiger partial charge in [-0.3, -0.25) is 0 Å². The van der Waals surface area contributed by atoms with E-state index < -0.39 is 7.94 Å². The first-order valence-corrected chi connectivity index (χ1v) is 9.35. The molecule has 1 aromatic rings. The van der Waals surface area contributed by atoms with E-state index in [-0.39, 0.29) is 5.92 Å². The van der Waals surface area contributed by atoms with E-state index >= 15 is 0 Å². The molecular weight excluding hydrogens is 271 g/mol. The number of rotatable bonds is 10. The van der Waals surface area contributed by atoms with Crippen LogP contribution in [0.25, 0.3) is 0 Å². The number of hydrogen-bond donors (Lipinski definition) is 2. The molecule has 1 atom stereocenters. The minimum absolute atomic E-state index is 0.284. The van der Waals surface area contributed by atoms with Crippen LogP contribution >= 0.6 is 7.94 Å². The Labute approximate surface area is 123 Å². The molecule has 0 spiro atoms. The lowest BCUT2D eigenvalue weighted by atomic mass is 10.0. The molecule has 0 radical (unpaired) electrons.